The Morgan fingerprint density at radius 3 is 2.61 bits per heavy atom. The van der Waals surface area contributed by atoms with Gasteiger partial charge in [0.15, 0.2) is 0 Å². The fourth-order valence-corrected chi connectivity index (χ4v) is 1.72. The van der Waals surface area contributed by atoms with E-state index in [1.54, 1.807) is 16.8 Å². The van der Waals surface area contributed by atoms with Crippen LogP contribution in [0.15, 0.2) is 36.5 Å². The lowest BCUT2D eigenvalue weighted by atomic mass is 10.2. The number of benzene rings is 1. The lowest BCUT2D eigenvalue weighted by Gasteiger charge is -2.00. The van der Waals surface area contributed by atoms with Gasteiger partial charge in [-0.1, -0.05) is 13.3 Å². The van der Waals surface area contributed by atoms with Crippen molar-refractivity contribution in [1.82, 2.24) is 9.78 Å². The molecule has 0 N–H and O–H groups in total. The van der Waals surface area contributed by atoms with Gasteiger partial charge in [-0.05, 0) is 31.0 Å². The van der Waals surface area contributed by atoms with Crippen LogP contribution in [0, 0.1) is 10.1 Å². The van der Waals surface area contributed by atoms with Crippen molar-refractivity contribution in [1.29, 1.82) is 0 Å². The fourth-order valence-electron chi connectivity index (χ4n) is 1.72. The number of nitrogens with zero attached hydrogens (tertiary/aromatic N) is 3. The molecule has 1 heterocycles. The minimum Gasteiger partial charge on any atom is -0.258 e. The highest BCUT2D eigenvalue weighted by Gasteiger charge is 2.06. The quantitative estimate of drug-likeness (QED) is 0.600. The molecule has 0 radical (unpaired) electrons. The lowest BCUT2D eigenvalue weighted by Crippen LogP contribution is -1.97. The summed E-state index contributed by atoms with van der Waals surface area (Å²) in [5.41, 5.74) is 1.98. The molecule has 0 spiro atoms. The average molecular weight is 245 g/mol. The Morgan fingerprint density at radius 1 is 1.28 bits per heavy atom. The number of aryl methyl sites for hydroxylation is 1. The molecular formula is C13H15N3O2. The summed E-state index contributed by atoms with van der Waals surface area (Å²) in [6.07, 6.45) is 5.12. The van der Waals surface area contributed by atoms with Gasteiger partial charge >= 0.3 is 0 Å². The second-order valence-electron chi connectivity index (χ2n) is 4.13. The van der Waals surface area contributed by atoms with Gasteiger partial charge in [-0.25, -0.2) is 4.68 Å². The number of rotatable bonds is 5. The summed E-state index contributed by atoms with van der Waals surface area (Å²) >= 11 is 0. The third kappa shape index (κ3) is 2.74. The zero-order chi connectivity index (χ0) is 13.0. The van der Waals surface area contributed by atoms with E-state index >= 15 is 0 Å². The summed E-state index contributed by atoms with van der Waals surface area (Å²) in [5, 5.41) is 15.0. The number of hydrogen-bond acceptors (Lipinski definition) is 3. The highest BCUT2D eigenvalue weighted by molar-refractivity contribution is 5.40. The van der Waals surface area contributed by atoms with Gasteiger partial charge in [0.2, 0.25) is 0 Å². The normalized spacial score (nSPS) is 10.5. The first kappa shape index (κ1) is 12.3. The van der Waals surface area contributed by atoms with E-state index in [4.69, 9.17) is 0 Å². The summed E-state index contributed by atoms with van der Waals surface area (Å²) in [4.78, 5) is 10.2. The molecule has 0 amide bonds. The Labute approximate surface area is 105 Å². The van der Waals surface area contributed by atoms with Gasteiger partial charge in [0.05, 0.1) is 16.3 Å². The minimum atomic E-state index is -0.403. The molecule has 2 aromatic rings. The first-order chi connectivity index (χ1) is 8.70. The molecule has 1 aromatic heterocycles. The second-order valence-corrected chi connectivity index (χ2v) is 4.13. The summed E-state index contributed by atoms with van der Waals surface area (Å²) in [6, 6.07) is 8.37. The zero-order valence-electron chi connectivity index (χ0n) is 10.2. The van der Waals surface area contributed by atoms with Gasteiger partial charge < -0.3 is 0 Å². The molecule has 18 heavy (non-hydrogen) atoms. The van der Waals surface area contributed by atoms with Crippen LogP contribution >= 0.6 is 0 Å². The second kappa shape index (κ2) is 5.44. The maximum atomic E-state index is 10.6. The van der Waals surface area contributed by atoms with Crippen molar-refractivity contribution in [3.05, 3.63) is 52.3 Å². The number of nitro benzene ring substituents is 1. The summed E-state index contributed by atoms with van der Waals surface area (Å²) in [6.45, 7) is 2.15. The molecule has 0 unspecified atom stereocenters. The number of aromatic nitrogens is 2. The lowest BCUT2D eigenvalue weighted by molar-refractivity contribution is -0.384. The largest absolute Gasteiger partial charge is 0.269 e. The van der Waals surface area contributed by atoms with Crippen LogP contribution in [-0.4, -0.2) is 14.7 Å². The third-order valence-corrected chi connectivity index (χ3v) is 2.76. The number of nitro groups is 1. The van der Waals surface area contributed by atoms with Crippen LogP contribution in [0.3, 0.4) is 0 Å². The molecule has 0 saturated heterocycles. The van der Waals surface area contributed by atoms with Gasteiger partial charge in [0.25, 0.3) is 5.69 Å². The monoisotopic (exact) mass is 245 g/mol. The van der Waals surface area contributed by atoms with E-state index < -0.39 is 4.92 Å². The van der Waals surface area contributed by atoms with Crippen LogP contribution in [0.5, 0.6) is 0 Å². The first-order valence-corrected chi connectivity index (χ1v) is 6.00. The standard InChI is InChI=1S/C13H15N3O2/c1-2-3-4-11-9-10-15(14-11)12-5-7-13(8-6-12)16(17)18/h5-10H,2-4H2,1H3. The van der Waals surface area contributed by atoms with Gasteiger partial charge in [-0.15, -0.1) is 0 Å². The highest BCUT2D eigenvalue weighted by atomic mass is 16.6. The van der Waals surface area contributed by atoms with Crippen LogP contribution in [0.25, 0.3) is 5.69 Å². The Bertz CT molecular complexity index is 531. The Balaban J connectivity index is 2.15. The van der Waals surface area contributed by atoms with Gasteiger partial charge in [0, 0.05) is 18.3 Å². The van der Waals surface area contributed by atoms with Crippen LogP contribution < -0.4 is 0 Å². The summed E-state index contributed by atoms with van der Waals surface area (Å²) in [5.74, 6) is 0. The van der Waals surface area contributed by atoms with E-state index in [1.807, 2.05) is 12.3 Å². The Hall–Kier alpha value is -2.17. The Morgan fingerprint density at radius 2 is 2.00 bits per heavy atom. The van der Waals surface area contributed by atoms with Crippen molar-refractivity contribution in [2.24, 2.45) is 0 Å². The molecule has 0 fully saturated rings. The number of hydrogen-bond donors (Lipinski definition) is 0. The molecule has 94 valence electrons. The van der Waals surface area contributed by atoms with Crippen LogP contribution in [0.4, 0.5) is 5.69 Å². The van der Waals surface area contributed by atoms with E-state index in [2.05, 4.69) is 12.0 Å². The molecular weight excluding hydrogens is 230 g/mol. The zero-order valence-corrected chi connectivity index (χ0v) is 10.2. The Kier molecular flexibility index (Phi) is 3.72. The summed E-state index contributed by atoms with van der Waals surface area (Å²) in [7, 11) is 0. The van der Waals surface area contributed by atoms with Crippen molar-refractivity contribution in [2.45, 2.75) is 26.2 Å². The van der Waals surface area contributed by atoms with Crippen LogP contribution in [-0.2, 0) is 6.42 Å². The molecule has 2 rings (SSSR count). The molecule has 0 atom stereocenters. The van der Waals surface area contributed by atoms with Gasteiger partial charge in [-0.2, -0.15) is 5.10 Å². The molecule has 0 aliphatic heterocycles. The molecule has 0 saturated carbocycles. The highest BCUT2D eigenvalue weighted by Crippen LogP contribution is 2.15. The minimum absolute atomic E-state index is 0.0945. The van der Waals surface area contributed by atoms with Crippen molar-refractivity contribution in [3.8, 4) is 5.69 Å². The SMILES string of the molecule is CCCCc1ccn(-c2ccc([N+](=O)[O-])cc2)n1. The van der Waals surface area contributed by atoms with Crippen LogP contribution in [0.1, 0.15) is 25.5 Å². The van der Waals surface area contributed by atoms with Crippen molar-refractivity contribution in [2.75, 3.05) is 0 Å². The maximum Gasteiger partial charge on any atom is 0.269 e. The molecule has 5 heteroatoms. The third-order valence-electron chi connectivity index (χ3n) is 2.76. The van der Waals surface area contributed by atoms with Gasteiger partial charge in [-0.3, -0.25) is 10.1 Å². The van der Waals surface area contributed by atoms with Gasteiger partial charge in [0.1, 0.15) is 0 Å². The van der Waals surface area contributed by atoms with Crippen molar-refractivity contribution < 1.29 is 4.92 Å². The van der Waals surface area contributed by atoms with Crippen molar-refractivity contribution >= 4 is 5.69 Å². The molecule has 5 nitrogen and oxygen atoms in total. The topological polar surface area (TPSA) is 61.0 Å². The predicted molar refractivity (Wildman–Crippen MR) is 68.8 cm³/mol. The van der Waals surface area contributed by atoms with E-state index in [1.165, 1.54) is 12.1 Å². The van der Waals surface area contributed by atoms with E-state index in [9.17, 15) is 10.1 Å². The predicted octanol–water partition coefficient (Wildman–Crippen LogP) is 3.12. The van der Waals surface area contributed by atoms with Crippen LogP contribution in [0.2, 0.25) is 0 Å². The van der Waals surface area contributed by atoms with E-state index in [0.29, 0.717) is 0 Å². The van der Waals surface area contributed by atoms with E-state index in [-0.39, 0.29) is 5.69 Å². The number of unbranched alkanes of at least 4 members (excludes halogenated alkanes) is 1. The number of non-ortho nitro benzene ring substituents is 1. The van der Waals surface area contributed by atoms with E-state index in [0.717, 1.165) is 30.6 Å². The first-order valence-electron chi connectivity index (χ1n) is 6.00. The summed E-state index contributed by atoms with van der Waals surface area (Å²) < 4.78 is 1.74. The fraction of sp³-hybridized carbons (Fsp3) is 0.308. The molecule has 0 aliphatic rings. The van der Waals surface area contributed by atoms with Crippen molar-refractivity contribution in [3.63, 3.8) is 0 Å². The molecule has 0 aliphatic carbocycles. The molecule has 1 aromatic carbocycles. The average Bonchev–Trinajstić information content (AvgIpc) is 2.85. The molecule has 0 bridgehead atoms. The smallest absolute Gasteiger partial charge is 0.258 e. The maximum absolute atomic E-state index is 10.6.